The van der Waals surface area contributed by atoms with E-state index in [1.165, 1.54) is 50.8 Å². The van der Waals surface area contributed by atoms with Gasteiger partial charge in [-0.2, -0.15) is 0 Å². The van der Waals surface area contributed by atoms with Crippen LogP contribution in [0.1, 0.15) is 48.3 Å². The number of nitrogens with two attached hydrogens (primary N) is 1. The van der Waals surface area contributed by atoms with Crippen molar-refractivity contribution in [3.8, 4) is 11.5 Å². The standard InChI is InChI=1S/C28H33FN6O4/c1-6-38-23-15-21(22(29)16-24(23)39-17(2)3)25(33-20-9-7-18(8-10-20)26(30)31)28(37)35(5)34(4)27(36)19-11-13-32-14-12-19/h7-17,25,33H,6H2,1-5H3,(H3,30,31). The van der Waals surface area contributed by atoms with Crippen LogP contribution in [0, 0.1) is 11.2 Å². The molecule has 1 aromatic heterocycles. The summed E-state index contributed by atoms with van der Waals surface area (Å²) in [4.78, 5) is 30.8. The van der Waals surface area contributed by atoms with Crippen molar-refractivity contribution in [1.29, 1.82) is 5.41 Å². The number of anilines is 1. The van der Waals surface area contributed by atoms with Crippen LogP contribution in [0.5, 0.6) is 11.5 Å². The Bertz CT molecular complexity index is 1320. The van der Waals surface area contributed by atoms with Crippen LogP contribution in [0.2, 0.25) is 0 Å². The van der Waals surface area contributed by atoms with Gasteiger partial charge in [0.15, 0.2) is 11.5 Å². The number of rotatable bonds is 10. The Kier molecular flexibility index (Phi) is 9.43. The molecule has 0 aliphatic rings. The Labute approximate surface area is 227 Å². The largest absolute Gasteiger partial charge is 0.490 e. The first kappa shape index (κ1) is 28.9. The lowest BCUT2D eigenvalue weighted by atomic mass is 10.0. The Morgan fingerprint density at radius 3 is 2.23 bits per heavy atom. The van der Waals surface area contributed by atoms with E-state index in [1.807, 2.05) is 13.8 Å². The van der Waals surface area contributed by atoms with Gasteiger partial charge in [-0.3, -0.25) is 30.0 Å². The molecular formula is C28H33FN6O4. The molecule has 0 fully saturated rings. The third-order valence-electron chi connectivity index (χ3n) is 5.78. The van der Waals surface area contributed by atoms with Gasteiger partial charge < -0.3 is 20.5 Å². The SMILES string of the molecule is CCOc1cc(C(Nc2ccc(C(=N)N)cc2)C(=O)N(C)N(C)C(=O)c2ccncc2)c(F)cc1OC(C)C. The molecule has 3 rings (SSSR count). The quantitative estimate of drug-likeness (QED) is 0.203. The van der Waals surface area contributed by atoms with Gasteiger partial charge in [0, 0.05) is 54.9 Å². The van der Waals surface area contributed by atoms with Gasteiger partial charge in [0.1, 0.15) is 17.7 Å². The van der Waals surface area contributed by atoms with Crippen LogP contribution in [0.3, 0.4) is 0 Å². The second kappa shape index (κ2) is 12.7. The Morgan fingerprint density at radius 1 is 1.03 bits per heavy atom. The summed E-state index contributed by atoms with van der Waals surface area (Å²) < 4.78 is 27.0. The van der Waals surface area contributed by atoms with Crippen LogP contribution in [-0.2, 0) is 4.79 Å². The molecule has 0 aliphatic carbocycles. The van der Waals surface area contributed by atoms with Crippen molar-refractivity contribution >= 4 is 23.3 Å². The first-order chi connectivity index (χ1) is 18.5. The number of nitrogens with zero attached hydrogens (tertiary/aromatic N) is 3. The molecule has 11 heteroatoms. The van der Waals surface area contributed by atoms with Gasteiger partial charge in [-0.15, -0.1) is 0 Å². The summed E-state index contributed by atoms with van der Waals surface area (Å²) in [5, 5.41) is 12.9. The molecule has 0 spiro atoms. The van der Waals surface area contributed by atoms with Crippen molar-refractivity contribution < 1.29 is 23.5 Å². The molecule has 0 aliphatic heterocycles. The van der Waals surface area contributed by atoms with Gasteiger partial charge >= 0.3 is 0 Å². The highest BCUT2D eigenvalue weighted by Gasteiger charge is 2.32. The number of hydrazine groups is 1. The predicted molar refractivity (Wildman–Crippen MR) is 146 cm³/mol. The number of pyridine rings is 1. The summed E-state index contributed by atoms with van der Waals surface area (Å²) in [6.45, 7) is 5.70. The van der Waals surface area contributed by atoms with Crippen molar-refractivity contribution in [2.75, 3.05) is 26.0 Å². The van der Waals surface area contributed by atoms with Crippen LogP contribution >= 0.6 is 0 Å². The van der Waals surface area contributed by atoms with Crippen LogP contribution < -0.4 is 20.5 Å². The van der Waals surface area contributed by atoms with E-state index in [0.29, 0.717) is 23.4 Å². The minimum Gasteiger partial charge on any atom is -0.490 e. The lowest BCUT2D eigenvalue weighted by molar-refractivity contribution is -0.141. The molecule has 1 heterocycles. The van der Waals surface area contributed by atoms with E-state index in [2.05, 4.69) is 10.3 Å². The molecule has 2 amide bonds. The molecule has 1 unspecified atom stereocenters. The molecule has 206 valence electrons. The molecular weight excluding hydrogens is 503 g/mol. The summed E-state index contributed by atoms with van der Waals surface area (Å²) in [7, 11) is 2.87. The van der Waals surface area contributed by atoms with E-state index < -0.39 is 23.7 Å². The first-order valence-electron chi connectivity index (χ1n) is 12.3. The predicted octanol–water partition coefficient (Wildman–Crippen LogP) is 3.99. The molecule has 10 nitrogen and oxygen atoms in total. The molecule has 2 aromatic carbocycles. The fourth-order valence-electron chi connectivity index (χ4n) is 3.72. The van der Waals surface area contributed by atoms with E-state index >= 15 is 4.39 Å². The normalized spacial score (nSPS) is 11.5. The first-order valence-corrected chi connectivity index (χ1v) is 12.3. The number of hydrogen-bond donors (Lipinski definition) is 3. The smallest absolute Gasteiger partial charge is 0.272 e. The van der Waals surface area contributed by atoms with Crippen LogP contribution in [0.4, 0.5) is 10.1 Å². The van der Waals surface area contributed by atoms with Crippen molar-refractivity contribution in [3.05, 3.63) is 83.4 Å². The van der Waals surface area contributed by atoms with E-state index in [9.17, 15) is 9.59 Å². The maximum Gasteiger partial charge on any atom is 0.272 e. The van der Waals surface area contributed by atoms with E-state index in [-0.39, 0.29) is 29.0 Å². The summed E-state index contributed by atoms with van der Waals surface area (Å²) in [6.07, 6.45) is 2.72. The van der Waals surface area contributed by atoms with E-state index in [1.54, 1.807) is 31.2 Å². The van der Waals surface area contributed by atoms with Gasteiger partial charge in [0.2, 0.25) is 0 Å². The second-order valence-electron chi connectivity index (χ2n) is 8.91. The zero-order valence-corrected chi connectivity index (χ0v) is 22.6. The number of ether oxygens (including phenoxy) is 2. The minimum absolute atomic E-state index is 0.00758. The van der Waals surface area contributed by atoms with E-state index in [0.717, 1.165) is 10.0 Å². The van der Waals surface area contributed by atoms with Gasteiger partial charge in [-0.25, -0.2) is 4.39 Å². The van der Waals surface area contributed by atoms with E-state index in [4.69, 9.17) is 20.6 Å². The Morgan fingerprint density at radius 2 is 1.67 bits per heavy atom. The number of benzene rings is 2. The summed E-state index contributed by atoms with van der Waals surface area (Å²) in [6, 6.07) is 10.9. The highest BCUT2D eigenvalue weighted by atomic mass is 19.1. The van der Waals surface area contributed by atoms with Crippen molar-refractivity contribution in [3.63, 3.8) is 0 Å². The summed E-state index contributed by atoms with van der Waals surface area (Å²) >= 11 is 0. The summed E-state index contributed by atoms with van der Waals surface area (Å²) in [5.74, 6) is -1.39. The number of carbonyl (C=O) groups excluding carboxylic acids is 2. The second-order valence-corrected chi connectivity index (χ2v) is 8.91. The maximum atomic E-state index is 15.6. The molecule has 0 radical (unpaired) electrons. The average Bonchev–Trinajstić information content (AvgIpc) is 2.92. The minimum atomic E-state index is -1.27. The topological polar surface area (TPSA) is 134 Å². The van der Waals surface area contributed by atoms with Crippen molar-refractivity contribution in [2.24, 2.45) is 5.73 Å². The molecule has 3 aromatic rings. The number of halogens is 1. The highest BCUT2D eigenvalue weighted by Crippen LogP contribution is 2.35. The maximum absolute atomic E-state index is 15.6. The van der Waals surface area contributed by atoms with Crippen LogP contribution in [0.15, 0.2) is 60.9 Å². The van der Waals surface area contributed by atoms with Crippen molar-refractivity contribution in [1.82, 2.24) is 15.0 Å². The van der Waals surface area contributed by atoms with Gasteiger partial charge in [0.05, 0.1) is 12.7 Å². The van der Waals surface area contributed by atoms with Crippen LogP contribution in [-0.4, -0.2) is 59.5 Å². The number of carbonyl (C=O) groups is 2. The Balaban J connectivity index is 2.04. The van der Waals surface area contributed by atoms with Gasteiger partial charge in [-0.1, -0.05) is 0 Å². The molecule has 4 N–H and O–H groups in total. The molecule has 1 atom stereocenters. The third-order valence-corrected chi connectivity index (χ3v) is 5.78. The molecule has 0 saturated carbocycles. The zero-order valence-electron chi connectivity index (χ0n) is 22.6. The molecule has 0 bridgehead atoms. The monoisotopic (exact) mass is 536 g/mol. The summed E-state index contributed by atoms with van der Waals surface area (Å²) in [5.41, 5.74) is 6.83. The number of amides is 2. The van der Waals surface area contributed by atoms with Gasteiger partial charge in [-0.05, 0) is 63.2 Å². The fraction of sp³-hybridized carbons (Fsp3) is 0.286. The third kappa shape index (κ3) is 7.01. The lowest BCUT2D eigenvalue weighted by Gasteiger charge is -2.32. The number of nitrogen functional groups attached to an aromatic ring is 1. The number of aromatic nitrogens is 1. The van der Waals surface area contributed by atoms with Crippen LogP contribution in [0.25, 0.3) is 0 Å². The number of likely N-dealkylation sites (N-methyl/N-ethyl adjacent to an activating group) is 1. The number of hydrogen-bond acceptors (Lipinski definition) is 7. The average molecular weight is 537 g/mol. The fourth-order valence-corrected chi connectivity index (χ4v) is 3.72. The molecule has 0 saturated heterocycles. The van der Waals surface area contributed by atoms with Gasteiger partial charge in [0.25, 0.3) is 11.8 Å². The lowest BCUT2D eigenvalue weighted by Crippen LogP contribution is -2.48. The number of nitrogens with one attached hydrogen (secondary N) is 2. The Hall–Kier alpha value is -4.67. The van der Waals surface area contributed by atoms with Crippen molar-refractivity contribution in [2.45, 2.75) is 32.9 Å². The number of amidine groups is 1. The zero-order chi connectivity index (χ0) is 28.7. The highest BCUT2D eigenvalue weighted by molar-refractivity contribution is 5.96. The molecule has 39 heavy (non-hydrogen) atoms.